The highest BCUT2D eigenvalue weighted by atomic mass is 32.2. The van der Waals surface area contributed by atoms with Crippen molar-refractivity contribution < 1.29 is 33.4 Å². The van der Waals surface area contributed by atoms with Crippen LogP contribution in [0.3, 0.4) is 0 Å². The van der Waals surface area contributed by atoms with Gasteiger partial charge in [-0.15, -0.1) is 11.8 Å². The molecule has 0 saturated heterocycles. The highest BCUT2D eigenvalue weighted by Crippen LogP contribution is 2.48. The molecule has 3 N–H and O–H groups in total. The number of nitrogens with one attached hydrogen (secondary N) is 3. The number of hydrogen-bond donors (Lipinski definition) is 3. The lowest BCUT2D eigenvalue weighted by molar-refractivity contribution is -0.148. The number of esters is 1. The lowest BCUT2D eigenvalue weighted by atomic mass is 9.84. The Morgan fingerprint density at radius 3 is 1.75 bits per heavy atom. The summed E-state index contributed by atoms with van der Waals surface area (Å²) in [6.45, 7) is 8.99. The number of ether oxygens (including phenoxy) is 2. The van der Waals surface area contributed by atoms with Crippen LogP contribution in [-0.4, -0.2) is 89.3 Å². The Bertz CT molecular complexity index is 2000. The number of methoxy groups -OCH3 is 1. The third-order valence-corrected chi connectivity index (χ3v) is 12.8. The van der Waals surface area contributed by atoms with Gasteiger partial charge >= 0.3 is 12.1 Å². The molecule has 11 nitrogen and oxygen atoms in total. The molecule has 4 aromatic rings. The maximum absolute atomic E-state index is 14.9. The van der Waals surface area contributed by atoms with E-state index in [1.54, 1.807) is 20.8 Å². The van der Waals surface area contributed by atoms with Crippen molar-refractivity contribution >= 4 is 53.3 Å². The molecule has 4 amide bonds. The van der Waals surface area contributed by atoms with E-state index in [9.17, 15) is 24.0 Å². The number of benzene rings is 4. The summed E-state index contributed by atoms with van der Waals surface area (Å²) >= 11 is 3.03. The first-order valence-electron chi connectivity index (χ1n) is 20.5. The van der Waals surface area contributed by atoms with Gasteiger partial charge in [-0.2, -0.15) is 11.8 Å². The molecule has 1 heterocycles. The quantitative estimate of drug-likeness (QED) is 0.0748. The minimum absolute atomic E-state index is 0.0792. The van der Waals surface area contributed by atoms with Crippen molar-refractivity contribution in [2.24, 2.45) is 5.92 Å². The van der Waals surface area contributed by atoms with Gasteiger partial charge in [-0.3, -0.25) is 14.4 Å². The molecular formula is C48H58N4O7S2. The van der Waals surface area contributed by atoms with E-state index in [0.717, 1.165) is 27.8 Å². The molecule has 1 aliphatic rings. The number of carbonyl (C=O) groups excluding carboxylic acids is 5. The molecule has 0 bridgehead atoms. The summed E-state index contributed by atoms with van der Waals surface area (Å²) in [5, 5.41) is 8.68. The Morgan fingerprint density at radius 2 is 1.26 bits per heavy atom. The fourth-order valence-electron chi connectivity index (χ4n) is 7.44. The Balaban J connectivity index is 1.50. The summed E-state index contributed by atoms with van der Waals surface area (Å²) < 4.78 is 9.85. The lowest BCUT2D eigenvalue weighted by Crippen LogP contribution is -2.61. The van der Waals surface area contributed by atoms with Crippen molar-refractivity contribution in [1.29, 1.82) is 0 Å². The minimum atomic E-state index is -1.16. The molecule has 4 atom stereocenters. The van der Waals surface area contributed by atoms with E-state index in [2.05, 4.69) is 52.3 Å². The van der Waals surface area contributed by atoms with Crippen LogP contribution in [0.2, 0.25) is 0 Å². The second-order valence-corrected chi connectivity index (χ2v) is 18.6. The number of carbonyl (C=O) groups is 5. The van der Waals surface area contributed by atoms with Gasteiger partial charge in [0.05, 0.1) is 11.9 Å². The average molecular weight is 867 g/mol. The van der Waals surface area contributed by atoms with Gasteiger partial charge in [-0.05, 0) is 72.9 Å². The summed E-state index contributed by atoms with van der Waals surface area (Å²) in [5.74, 6) is -1.85. The van der Waals surface area contributed by atoms with Crippen LogP contribution in [0.15, 0.2) is 115 Å². The van der Waals surface area contributed by atoms with Crippen molar-refractivity contribution in [3.05, 3.63) is 143 Å². The van der Waals surface area contributed by atoms with Gasteiger partial charge in [-0.1, -0.05) is 129 Å². The molecule has 0 spiro atoms. The molecule has 324 valence electrons. The van der Waals surface area contributed by atoms with Gasteiger partial charge in [0, 0.05) is 18.7 Å². The minimum Gasteiger partial charge on any atom is -0.467 e. The number of thioether (sulfide) groups is 2. The first-order chi connectivity index (χ1) is 29.2. The molecule has 0 radical (unpaired) electrons. The maximum Gasteiger partial charge on any atom is 0.408 e. The Kier molecular flexibility index (Phi) is 16.5. The normalized spacial score (nSPS) is 15.4. The maximum atomic E-state index is 14.9. The Morgan fingerprint density at radius 1 is 0.738 bits per heavy atom. The molecule has 1 aliphatic heterocycles. The fraction of sp³-hybridized carbons (Fsp3) is 0.396. The van der Waals surface area contributed by atoms with E-state index in [0.29, 0.717) is 12.2 Å². The summed E-state index contributed by atoms with van der Waals surface area (Å²) in [4.78, 5) is 71.5. The van der Waals surface area contributed by atoms with Gasteiger partial charge in [-0.25, -0.2) is 9.59 Å². The Labute approximate surface area is 368 Å². The molecule has 0 unspecified atom stereocenters. The van der Waals surface area contributed by atoms with E-state index in [4.69, 9.17) is 9.47 Å². The number of hydrogen-bond acceptors (Lipinski definition) is 9. The van der Waals surface area contributed by atoms with Gasteiger partial charge in [0.25, 0.3) is 0 Å². The zero-order valence-electron chi connectivity index (χ0n) is 36.0. The van der Waals surface area contributed by atoms with Crippen molar-refractivity contribution in [3.63, 3.8) is 0 Å². The van der Waals surface area contributed by atoms with Crippen LogP contribution in [-0.2, 0) is 46.4 Å². The van der Waals surface area contributed by atoms with Crippen molar-refractivity contribution in [3.8, 4) is 0 Å². The van der Waals surface area contributed by atoms with Crippen LogP contribution in [0.5, 0.6) is 0 Å². The van der Waals surface area contributed by atoms with E-state index >= 15 is 0 Å². The van der Waals surface area contributed by atoms with E-state index in [-0.39, 0.29) is 18.7 Å². The zero-order chi connectivity index (χ0) is 44.2. The monoisotopic (exact) mass is 866 g/mol. The van der Waals surface area contributed by atoms with Crippen LogP contribution in [0.4, 0.5) is 4.79 Å². The van der Waals surface area contributed by atoms with E-state index in [1.165, 1.54) is 35.5 Å². The van der Waals surface area contributed by atoms with E-state index < -0.39 is 70.2 Å². The SMILES string of the molecule is COC(=O)[C@H](CCSC)NC(=O)[C@@H]1Cc2ccccc2CN1C(=O)[C@@H](NC(=O)[C@H](CSC(c1ccccc1)(c1ccccc1)c1ccccc1)NC(=O)OC(C)(C)C)C(C)C. The molecule has 0 aromatic heterocycles. The molecule has 0 aliphatic carbocycles. The highest BCUT2D eigenvalue weighted by molar-refractivity contribution is 8.00. The molecule has 4 aromatic carbocycles. The first-order valence-corrected chi connectivity index (χ1v) is 22.9. The van der Waals surface area contributed by atoms with Crippen LogP contribution in [0, 0.1) is 5.92 Å². The highest BCUT2D eigenvalue weighted by Gasteiger charge is 2.42. The molecule has 0 saturated carbocycles. The summed E-state index contributed by atoms with van der Waals surface area (Å²) in [6, 6.07) is 33.5. The second kappa shape index (κ2) is 21.5. The van der Waals surface area contributed by atoms with Gasteiger partial charge < -0.3 is 30.3 Å². The summed E-state index contributed by atoms with van der Waals surface area (Å²) in [6.07, 6.45) is 1.69. The average Bonchev–Trinajstić information content (AvgIpc) is 3.26. The predicted octanol–water partition coefficient (Wildman–Crippen LogP) is 7.11. The standard InChI is InChI=1S/C48H58N4O7S2/c1-32(2)41(44(55)52-30-34-20-18-17-19-33(34)29-40(52)43(54)49-38(27-28-60-7)45(56)58-6)51-42(53)39(50-46(57)59-47(3,4)5)31-61-48(35-21-11-8-12-22-35,36-23-13-9-14-24-36)37-25-15-10-16-26-37/h8-26,32,38-41H,27-31H2,1-7H3,(H,49,54)(H,50,57)(H,51,53)/t38-,39-,40-,41-/m0/s1. The summed E-state index contributed by atoms with van der Waals surface area (Å²) in [7, 11) is 1.28. The third kappa shape index (κ3) is 12.0. The first kappa shape index (κ1) is 46.8. The predicted molar refractivity (Wildman–Crippen MR) is 243 cm³/mol. The molecule has 5 rings (SSSR count). The van der Waals surface area contributed by atoms with Crippen LogP contribution >= 0.6 is 23.5 Å². The smallest absolute Gasteiger partial charge is 0.408 e. The number of nitrogens with zero attached hydrogens (tertiary/aromatic N) is 1. The Hall–Kier alpha value is -5.27. The van der Waals surface area contributed by atoms with Gasteiger partial charge in [0.15, 0.2) is 0 Å². The summed E-state index contributed by atoms with van der Waals surface area (Å²) in [5.41, 5.74) is 3.86. The van der Waals surface area contributed by atoms with Crippen molar-refractivity contribution in [1.82, 2.24) is 20.9 Å². The second-order valence-electron chi connectivity index (χ2n) is 16.3. The van der Waals surface area contributed by atoms with E-state index in [1.807, 2.05) is 99.0 Å². The van der Waals surface area contributed by atoms with Gasteiger partial charge in [0.2, 0.25) is 17.7 Å². The van der Waals surface area contributed by atoms with Crippen LogP contribution < -0.4 is 16.0 Å². The number of alkyl carbamates (subject to hydrolysis) is 1. The van der Waals surface area contributed by atoms with Crippen molar-refractivity contribution in [2.45, 2.75) is 88.5 Å². The number of rotatable bonds is 17. The number of fused-ring (bicyclic) bond motifs is 1. The van der Waals surface area contributed by atoms with Crippen LogP contribution in [0.25, 0.3) is 0 Å². The molecule has 61 heavy (non-hydrogen) atoms. The van der Waals surface area contributed by atoms with Crippen LogP contribution in [0.1, 0.15) is 68.9 Å². The zero-order valence-corrected chi connectivity index (χ0v) is 37.6. The lowest BCUT2D eigenvalue weighted by Gasteiger charge is -2.39. The molecular weight excluding hydrogens is 809 g/mol. The van der Waals surface area contributed by atoms with Crippen molar-refractivity contribution in [2.75, 3.05) is 24.9 Å². The fourth-order valence-corrected chi connectivity index (χ4v) is 9.47. The third-order valence-electron chi connectivity index (χ3n) is 10.5. The molecule has 13 heteroatoms. The van der Waals surface area contributed by atoms with Gasteiger partial charge in [0.1, 0.15) is 29.8 Å². The number of amides is 4. The molecule has 0 fully saturated rings. The topological polar surface area (TPSA) is 143 Å². The largest absolute Gasteiger partial charge is 0.467 e.